The topological polar surface area (TPSA) is 62.1 Å². The number of hydrogen-bond acceptors (Lipinski definition) is 4. The number of ether oxygens (including phenoxy) is 1. The fraction of sp³-hybridized carbons (Fsp3) is 0.0909. The van der Waals surface area contributed by atoms with E-state index in [4.69, 9.17) is 5.26 Å². The van der Waals surface area contributed by atoms with Gasteiger partial charge in [0, 0.05) is 11.9 Å². The van der Waals surface area contributed by atoms with Crippen molar-refractivity contribution in [1.29, 1.82) is 5.26 Å². The van der Waals surface area contributed by atoms with Crippen LogP contribution in [0.15, 0.2) is 36.0 Å². The molecule has 1 aromatic rings. The van der Waals surface area contributed by atoms with E-state index in [0.29, 0.717) is 5.69 Å². The highest BCUT2D eigenvalue weighted by atomic mass is 19.1. The largest absolute Gasteiger partial charge is 0.465 e. The lowest BCUT2D eigenvalue weighted by Crippen LogP contribution is -2.05. The highest BCUT2D eigenvalue weighted by Gasteiger charge is 2.07. The van der Waals surface area contributed by atoms with Crippen LogP contribution in [0.2, 0.25) is 0 Å². The summed E-state index contributed by atoms with van der Waals surface area (Å²) < 4.78 is 17.2. The lowest BCUT2D eigenvalue weighted by Gasteiger charge is -2.01. The van der Waals surface area contributed by atoms with E-state index in [9.17, 15) is 9.18 Å². The molecule has 1 aromatic carbocycles. The maximum atomic E-state index is 12.8. The molecule has 0 aliphatic rings. The molecule has 0 radical (unpaired) electrons. The zero-order valence-corrected chi connectivity index (χ0v) is 8.53. The Bertz CT molecular complexity index is 463. The second kappa shape index (κ2) is 5.51. The van der Waals surface area contributed by atoms with E-state index in [0.717, 1.165) is 0 Å². The Morgan fingerprint density at radius 1 is 1.62 bits per heavy atom. The second-order valence-corrected chi connectivity index (χ2v) is 2.82. The minimum absolute atomic E-state index is 0.188. The average molecular weight is 220 g/mol. The monoisotopic (exact) mass is 220 g/mol. The maximum Gasteiger partial charge on any atom is 0.350 e. The summed E-state index contributed by atoms with van der Waals surface area (Å²) >= 11 is 0. The molecule has 1 N–H and O–H groups in total. The summed E-state index contributed by atoms with van der Waals surface area (Å²) in [6, 6.07) is 7.31. The van der Waals surface area contributed by atoms with Gasteiger partial charge in [-0.25, -0.2) is 9.18 Å². The zero-order valence-electron chi connectivity index (χ0n) is 8.53. The van der Waals surface area contributed by atoms with Crippen LogP contribution in [0.4, 0.5) is 10.1 Å². The molecule has 0 bridgehead atoms. The summed E-state index contributed by atoms with van der Waals surface area (Å²) in [6.45, 7) is 0. The number of anilines is 1. The van der Waals surface area contributed by atoms with Gasteiger partial charge in [-0.3, -0.25) is 0 Å². The van der Waals surface area contributed by atoms with Crippen LogP contribution in [0.3, 0.4) is 0 Å². The number of esters is 1. The van der Waals surface area contributed by atoms with Crippen molar-refractivity contribution in [3.63, 3.8) is 0 Å². The van der Waals surface area contributed by atoms with E-state index in [1.807, 2.05) is 0 Å². The Morgan fingerprint density at radius 3 is 2.94 bits per heavy atom. The van der Waals surface area contributed by atoms with Gasteiger partial charge in [0.1, 0.15) is 11.9 Å². The number of nitrogens with zero attached hydrogens (tertiary/aromatic N) is 1. The summed E-state index contributed by atoms with van der Waals surface area (Å²) in [5.74, 6) is -1.15. The third-order valence-corrected chi connectivity index (χ3v) is 1.73. The normalized spacial score (nSPS) is 10.4. The molecule has 0 atom stereocenters. The Labute approximate surface area is 91.9 Å². The van der Waals surface area contributed by atoms with E-state index in [1.54, 1.807) is 12.1 Å². The summed E-state index contributed by atoms with van der Waals surface area (Å²) in [4.78, 5) is 11.0. The number of nitriles is 1. The Hall–Kier alpha value is -2.35. The van der Waals surface area contributed by atoms with Gasteiger partial charge in [-0.2, -0.15) is 5.26 Å². The number of halogens is 1. The van der Waals surface area contributed by atoms with Gasteiger partial charge >= 0.3 is 5.97 Å². The van der Waals surface area contributed by atoms with Gasteiger partial charge in [0.2, 0.25) is 0 Å². The second-order valence-electron chi connectivity index (χ2n) is 2.82. The quantitative estimate of drug-likeness (QED) is 0.479. The number of carbonyl (C=O) groups is 1. The molecule has 0 unspecified atom stereocenters. The van der Waals surface area contributed by atoms with Crippen LogP contribution in [0.5, 0.6) is 0 Å². The molecule has 82 valence electrons. The first-order chi connectivity index (χ1) is 7.67. The first kappa shape index (κ1) is 11.7. The molecule has 0 amide bonds. The van der Waals surface area contributed by atoms with E-state index >= 15 is 0 Å². The molecule has 0 heterocycles. The fourth-order valence-electron chi connectivity index (χ4n) is 0.981. The number of carbonyl (C=O) groups excluding carboxylic acids is 1. The van der Waals surface area contributed by atoms with Crippen LogP contribution in [-0.2, 0) is 9.53 Å². The van der Waals surface area contributed by atoms with Gasteiger partial charge in [0.15, 0.2) is 5.57 Å². The molecule has 0 aromatic heterocycles. The van der Waals surface area contributed by atoms with Crippen molar-refractivity contribution in [1.82, 2.24) is 0 Å². The summed E-state index contributed by atoms with van der Waals surface area (Å²) in [5.41, 5.74) is 0.253. The molecule has 0 saturated carbocycles. The van der Waals surface area contributed by atoms with E-state index in [2.05, 4.69) is 10.1 Å². The molecule has 0 saturated heterocycles. The molecular formula is C11H9FN2O2. The van der Waals surface area contributed by atoms with Gasteiger partial charge in [-0.1, -0.05) is 6.07 Å². The van der Waals surface area contributed by atoms with Crippen LogP contribution in [-0.4, -0.2) is 13.1 Å². The van der Waals surface area contributed by atoms with Crippen LogP contribution >= 0.6 is 0 Å². The molecule has 0 spiro atoms. The number of methoxy groups -OCH3 is 1. The SMILES string of the molecule is COC(=O)/C(C#N)=C\Nc1cccc(F)c1. The smallest absolute Gasteiger partial charge is 0.350 e. The summed E-state index contributed by atoms with van der Waals surface area (Å²) in [5, 5.41) is 11.3. The third kappa shape index (κ3) is 3.10. The van der Waals surface area contributed by atoms with E-state index in [1.165, 1.54) is 31.5 Å². The van der Waals surface area contributed by atoms with Gasteiger partial charge in [0.05, 0.1) is 7.11 Å². The molecule has 4 nitrogen and oxygen atoms in total. The number of benzene rings is 1. The predicted octanol–water partition coefficient (Wildman–Crippen LogP) is 1.82. The van der Waals surface area contributed by atoms with Crippen LogP contribution in [0.1, 0.15) is 0 Å². The van der Waals surface area contributed by atoms with Crippen molar-refractivity contribution in [2.24, 2.45) is 0 Å². The van der Waals surface area contributed by atoms with Crippen molar-refractivity contribution in [3.05, 3.63) is 41.9 Å². The number of nitrogens with one attached hydrogen (secondary N) is 1. The highest BCUT2D eigenvalue weighted by Crippen LogP contribution is 2.09. The van der Waals surface area contributed by atoms with E-state index in [-0.39, 0.29) is 5.57 Å². The molecular weight excluding hydrogens is 211 g/mol. The van der Waals surface area contributed by atoms with Crippen molar-refractivity contribution in [3.8, 4) is 6.07 Å². The predicted molar refractivity (Wildman–Crippen MR) is 55.7 cm³/mol. The molecule has 0 aliphatic heterocycles. The summed E-state index contributed by atoms with van der Waals surface area (Å²) in [7, 11) is 1.18. The van der Waals surface area contributed by atoms with Gasteiger partial charge in [0.25, 0.3) is 0 Å². The lowest BCUT2D eigenvalue weighted by atomic mass is 10.3. The van der Waals surface area contributed by atoms with Crippen LogP contribution < -0.4 is 5.32 Å². The number of hydrogen-bond donors (Lipinski definition) is 1. The average Bonchev–Trinajstić information content (AvgIpc) is 2.29. The van der Waals surface area contributed by atoms with Gasteiger partial charge in [-0.05, 0) is 18.2 Å². The van der Waals surface area contributed by atoms with Gasteiger partial charge in [-0.15, -0.1) is 0 Å². The fourth-order valence-corrected chi connectivity index (χ4v) is 0.981. The molecule has 0 fully saturated rings. The minimum Gasteiger partial charge on any atom is -0.465 e. The van der Waals surface area contributed by atoms with Gasteiger partial charge < -0.3 is 10.1 Å². The lowest BCUT2D eigenvalue weighted by molar-refractivity contribution is -0.135. The Morgan fingerprint density at radius 2 is 2.38 bits per heavy atom. The van der Waals surface area contributed by atoms with Crippen molar-refractivity contribution in [2.75, 3.05) is 12.4 Å². The first-order valence-corrected chi connectivity index (χ1v) is 4.38. The summed E-state index contributed by atoms with van der Waals surface area (Å²) in [6.07, 6.45) is 1.17. The first-order valence-electron chi connectivity index (χ1n) is 4.38. The Balaban J connectivity index is 2.79. The number of rotatable bonds is 3. The van der Waals surface area contributed by atoms with Crippen molar-refractivity contribution in [2.45, 2.75) is 0 Å². The van der Waals surface area contributed by atoms with Crippen molar-refractivity contribution >= 4 is 11.7 Å². The van der Waals surface area contributed by atoms with E-state index < -0.39 is 11.8 Å². The minimum atomic E-state index is -0.744. The van der Waals surface area contributed by atoms with Crippen LogP contribution in [0.25, 0.3) is 0 Å². The molecule has 16 heavy (non-hydrogen) atoms. The Kier molecular flexibility index (Phi) is 4.04. The highest BCUT2D eigenvalue weighted by molar-refractivity contribution is 5.92. The van der Waals surface area contributed by atoms with Crippen LogP contribution in [0, 0.1) is 17.1 Å². The maximum absolute atomic E-state index is 12.8. The standard InChI is InChI=1S/C11H9FN2O2/c1-16-11(15)8(6-13)7-14-10-4-2-3-9(12)5-10/h2-5,7,14H,1H3/b8-7-. The zero-order chi connectivity index (χ0) is 12.0. The van der Waals surface area contributed by atoms with Crippen molar-refractivity contribution < 1.29 is 13.9 Å². The third-order valence-electron chi connectivity index (χ3n) is 1.73. The molecule has 0 aliphatic carbocycles. The molecule has 5 heteroatoms. The molecule has 1 rings (SSSR count).